The predicted molar refractivity (Wildman–Crippen MR) is 227 cm³/mol. The Balaban J connectivity index is 0.953. The van der Waals surface area contributed by atoms with Gasteiger partial charge in [0.2, 0.25) is 0 Å². The van der Waals surface area contributed by atoms with Gasteiger partial charge in [-0.05, 0) is 68.1 Å². The molecular formula is C50H30N2S. The second-order valence-electron chi connectivity index (χ2n) is 13.7. The Morgan fingerprint density at radius 3 is 1.51 bits per heavy atom. The van der Waals surface area contributed by atoms with Gasteiger partial charge in [0.15, 0.2) is 0 Å². The van der Waals surface area contributed by atoms with Crippen LogP contribution < -0.4 is 0 Å². The van der Waals surface area contributed by atoms with Gasteiger partial charge in [-0.1, -0.05) is 158 Å². The number of benzene rings is 8. The van der Waals surface area contributed by atoms with Crippen molar-refractivity contribution in [3.63, 3.8) is 0 Å². The molecule has 3 heterocycles. The summed E-state index contributed by atoms with van der Waals surface area (Å²) in [4.78, 5) is 10.5. The molecule has 0 atom stereocenters. The Kier molecular flexibility index (Phi) is 6.76. The van der Waals surface area contributed by atoms with Crippen LogP contribution in [-0.4, -0.2) is 9.97 Å². The fourth-order valence-corrected chi connectivity index (χ4v) is 9.24. The first-order chi connectivity index (χ1) is 26.2. The predicted octanol–water partition coefficient (Wildman–Crippen LogP) is 14.1. The van der Waals surface area contributed by atoms with E-state index in [0.29, 0.717) is 0 Å². The summed E-state index contributed by atoms with van der Waals surface area (Å²) in [6, 6.07) is 65.5. The zero-order chi connectivity index (χ0) is 34.9. The van der Waals surface area contributed by atoms with E-state index in [1.807, 2.05) is 11.3 Å². The summed E-state index contributed by atoms with van der Waals surface area (Å²) in [5.74, 6) is 0. The second-order valence-corrected chi connectivity index (χ2v) is 14.8. The lowest BCUT2D eigenvalue weighted by molar-refractivity contribution is 1.36. The summed E-state index contributed by atoms with van der Waals surface area (Å²) in [6.07, 6.45) is 0. The highest BCUT2D eigenvalue weighted by molar-refractivity contribution is 7.26. The number of thiophene rings is 1. The van der Waals surface area contributed by atoms with Crippen molar-refractivity contribution in [2.24, 2.45) is 0 Å². The van der Waals surface area contributed by atoms with Crippen molar-refractivity contribution in [1.29, 1.82) is 0 Å². The number of aromatic nitrogens is 2. The van der Waals surface area contributed by atoms with Crippen LogP contribution in [0.15, 0.2) is 182 Å². The molecular weight excluding hydrogens is 661 g/mol. The largest absolute Gasteiger partial charge is 0.245 e. The average molecular weight is 691 g/mol. The molecule has 0 aliphatic rings. The Labute approximate surface area is 310 Å². The molecule has 0 fully saturated rings. The minimum atomic E-state index is 0.916. The van der Waals surface area contributed by atoms with Crippen LogP contribution in [0, 0.1) is 0 Å². The van der Waals surface area contributed by atoms with E-state index in [1.165, 1.54) is 64.0 Å². The third kappa shape index (κ3) is 4.93. The lowest BCUT2D eigenvalue weighted by Gasteiger charge is -2.12. The summed E-state index contributed by atoms with van der Waals surface area (Å²) in [7, 11) is 0. The first-order valence-corrected chi connectivity index (χ1v) is 18.8. The van der Waals surface area contributed by atoms with Crippen molar-refractivity contribution < 1.29 is 0 Å². The molecule has 53 heavy (non-hydrogen) atoms. The molecule has 246 valence electrons. The topological polar surface area (TPSA) is 25.8 Å². The van der Waals surface area contributed by atoms with Crippen molar-refractivity contribution in [3.05, 3.63) is 182 Å². The van der Waals surface area contributed by atoms with Gasteiger partial charge in [0.1, 0.15) is 0 Å². The average Bonchev–Trinajstić information content (AvgIpc) is 3.62. The van der Waals surface area contributed by atoms with Crippen LogP contribution in [0.4, 0.5) is 0 Å². The van der Waals surface area contributed by atoms with Crippen molar-refractivity contribution >= 4 is 74.9 Å². The molecule has 0 spiro atoms. The van der Waals surface area contributed by atoms with Crippen LogP contribution in [0.2, 0.25) is 0 Å². The normalized spacial score (nSPS) is 11.8. The Morgan fingerprint density at radius 1 is 0.321 bits per heavy atom. The van der Waals surface area contributed by atoms with Gasteiger partial charge in [-0.25, -0.2) is 9.97 Å². The van der Waals surface area contributed by atoms with Crippen molar-refractivity contribution in [2.75, 3.05) is 0 Å². The molecule has 11 rings (SSSR count). The number of fused-ring (bicyclic) bond motifs is 9. The molecule has 0 amide bonds. The van der Waals surface area contributed by atoms with Gasteiger partial charge in [-0.2, -0.15) is 0 Å². The number of pyridine rings is 2. The number of rotatable bonds is 4. The van der Waals surface area contributed by atoms with Crippen LogP contribution in [-0.2, 0) is 0 Å². The Bertz CT molecular complexity index is 3210. The van der Waals surface area contributed by atoms with Crippen molar-refractivity contribution in [1.82, 2.24) is 9.97 Å². The van der Waals surface area contributed by atoms with E-state index >= 15 is 0 Å². The molecule has 11 aromatic rings. The lowest BCUT2D eigenvalue weighted by Crippen LogP contribution is -1.91. The molecule has 0 saturated heterocycles. The van der Waals surface area contributed by atoms with Gasteiger partial charge < -0.3 is 0 Å². The fourth-order valence-electron chi connectivity index (χ4n) is 8.00. The summed E-state index contributed by atoms with van der Waals surface area (Å²) < 4.78 is 2.65. The second kappa shape index (κ2) is 11.9. The third-order valence-electron chi connectivity index (χ3n) is 10.7. The summed E-state index contributed by atoms with van der Waals surface area (Å²) in [5.41, 5.74) is 10.8. The van der Waals surface area contributed by atoms with E-state index in [4.69, 9.17) is 9.97 Å². The molecule has 0 bridgehead atoms. The van der Waals surface area contributed by atoms with Crippen LogP contribution >= 0.6 is 11.3 Å². The van der Waals surface area contributed by atoms with Gasteiger partial charge in [-0.3, -0.25) is 0 Å². The molecule has 3 aromatic heterocycles. The van der Waals surface area contributed by atoms with E-state index in [0.717, 1.165) is 44.3 Å². The zero-order valence-corrected chi connectivity index (χ0v) is 29.4. The zero-order valence-electron chi connectivity index (χ0n) is 28.6. The minimum Gasteiger partial charge on any atom is -0.245 e. The number of hydrogen-bond acceptors (Lipinski definition) is 3. The molecule has 0 saturated carbocycles. The maximum atomic E-state index is 5.24. The lowest BCUT2D eigenvalue weighted by atomic mass is 9.93. The fraction of sp³-hybridized carbons (Fsp3) is 0. The molecule has 0 aliphatic carbocycles. The van der Waals surface area contributed by atoms with E-state index in [9.17, 15) is 0 Å². The molecule has 0 radical (unpaired) electrons. The summed E-state index contributed by atoms with van der Waals surface area (Å²) in [6.45, 7) is 0. The maximum Gasteiger partial charge on any atom is 0.0972 e. The molecule has 0 unspecified atom stereocenters. The SMILES string of the molecule is c1ccc2c(c1)cc(-c1ccc(-c3ccc4ccc5ccc(-c6ccc(-c7cccc8c7sc7ccccc78)cc6)nc5c4n3)cc1)c1ccccc12. The monoisotopic (exact) mass is 690 g/mol. The Hall–Kier alpha value is -6.68. The number of hydrogen-bond donors (Lipinski definition) is 0. The number of nitrogens with zero attached hydrogens (tertiary/aromatic N) is 2. The van der Waals surface area contributed by atoms with Gasteiger partial charge in [-0.15, -0.1) is 11.3 Å². The minimum absolute atomic E-state index is 0.916. The van der Waals surface area contributed by atoms with Crippen LogP contribution in [0.25, 0.3) is 108 Å². The van der Waals surface area contributed by atoms with Gasteiger partial charge in [0, 0.05) is 42.1 Å². The van der Waals surface area contributed by atoms with Crippen LogP contribution in [0.5, 0.6) is 0 Å². The maximum absolute atomic E-state index is 5.24. The summed E-state index contributed by atoms with van der Waals surface area (Å²) >= 11 is 1.87. The molecule has 0 aliphatic heterocycles. The van der Waals surface area contributed by atoms with E-state index in [1.54, 1.807) is 0 Å². The summed E-state index contributed by atoms with van der Waals surface area (Å²) in [5, 5.41) is 9.87. The van der Waals surface area contributed by atoms with Gasteiger partial charge in [0.25, 0.3) is 0 Å². The Morgan fingerprint density at radius 2 is 0.830 bits per heavy atom. The van der Waals surface area contributed by atoms with Crippen LogP contribution in [0.3, 0.4) is 0 Å². The molecule has 8 aromatic carbocycles. The van der Waals surface area contributed by atoms with Gasteiger partial charge in [0.05, 0.1) is 22.4 Å². The highest BCUT2D eigenvalue weighted by Gasteiger charge is 2.13. The van der Waals surface area contributed by atoms with Crippen molar-refractivity contribution in [2.45, 2.75) is 0 Å². The van der Waals surface area contributed by atoms with Gasteiger partial charge >= 0.3 is 0 Å². The van der Waals surface area contributed by atoms with E-state index < -0.39 is 0 Å². The molecule has 0 N–H and O–H groups in total. The quantitative estimate of drug-likeness (QED) is 0.172. The molecule has 2 nitrogen and oxygen atoms in total. The smallest absolute Gasteiger partial charge is 0.0972 e. The highest BCUT2D eigenvalue weighted by Crippen LogP contribution is 2.41. The van der Waals surface area contributed by atoms with E-state index in [2.05, 4.69) is 182 Å². The highest BCUT2D eigenvalue weighted by atomic mass is 32.1. The first-order valence-electron chi connectivity index (χ1n) is 18.0. The standard InChI is InChI=1S/C50H30N2S/c1-2-9-38-37(8-1)30-44(41-11-4-3-10-40(38)41)32-18-22-34(23-19-32)46-29-27-36-25-24-35-26-28-45(51-48(35)49(36)52-46)33-20-16-31(17-21-33)39-13-7-14-43-42-12-5-6-15-47(42)53-50(39)43/h1-30H. The molecule has 3 heteroatoms. The van der Waals surface area contributed by atoms with Crippen LogP contribution in [0.1, 0.15) is 0 Å². The third-order valence-corrected chi connectivity index (χ3v) is 11.9. The van der Waals surface area contributed by atoms with Crippen molar-refractivity contribution in [3.8, 4) is 44.8 Å². The first kappa shape index (κ1) is 30.0. The van der Waals surface area contributed by atoms with E-state index in [-0.39, 0.29) is 0 Å².